The number of aromatic nitrogens is 2. The molecule has 3 heteroatoms. The molecule has 0 radical (unpaired) electrons. The molecule has 8 aromatic carbocycles. The van der Waals surface area contributed by atoms with Gasteiger partial charge in [0.2, 0.25) is 0 Å². The van der Waals surface area contributed by atoms with E-state index in [0.29, 0.717) is 0 Å². The van der Waals surface area contributed by atoms with E-state index in [1.165, 1.54) is 97.1 Å². The first kappa shape index (κ1) is 26.9. The first-order chi connectivity index (χ1) is 24.3. The topological polar surface area (TPSA) is 9.86 Å². The molecule has 0 aliphatic rings. The number of nitrogens with zero attached hydrogens (tertiary/aromatic N) is 2. The van der Waals surface area contributed by atoms with Crippen molar-refractivity contribution >= 4 is 85.9 Å². The number of hydrogen-bond donors (Lipinski definition) is 0. The molecule has 0 saturated carbocycles. The van der Waals surface area contributed by atoms with Crippen molar-refractivity contribution in [2.45, 2.75) is 0 Å². The van der Waals surface area contributed by atoms with Crippen LogP contribution in [0.4, 0.5) is 0 Å². The van der Waals surface area contributed by atoms with E-state index in [-0.39, 0.29) is 0 Å². The summed E-state index contributed by atoms with van der Waals surface area (Å²) in [6.07, 6.45) is 0. The molecule has 228 valence electrons. The fraction of sp³-hybridized carbons (Fsp3) is 0. The normalized spacial score (nSPS) is 12.1. The van der Waals surface area contributed by atoms with Crippen LogP contribution in [0.1, 0.15) is 0 Å². The van der Waals surface area contributed by atoms with E-state index in [4.69, 9.17) is 0 Å². The highest BCUT2D eigenvalue weighted by molar-refractivity contribution is 7.26. The minimum Gasteiger partial charge on any atom is -0.309 e. The van der Waals surface area contributed by atoms with Crippen LogP contribution in [0.3, 0.4) is 0 Å². The highest BCUT2D eigenvalue weighted by Gasteiger charge is 2.22. The third-order valence-electron chi connectivity index (χ3n) is 10.3. The number of thiophene rings is 1. The molecule has 0 aliphatic heterocycles. The second-order valence-corrected chi connectivity index (χ2v) is 13.9. The van der Waals surface area contributed by atoms with Gasteiger partial charge in [0.05, 0.1) is 32.5 Å². The lowest BCUT2D eigenvalue weighted by Gasteiger charge is -2.12. The van der Waals surface area contributed by atoms with E-state index in [0.717, 1.165) is 0 Å². The second-order valence-electron chi connectivity index (χ2n) is 12.9. The van der Waals surface area contributed by atoms with Gasteiger partial charge in [0.15, 0.2) is 0 Å². The number of fused-ring (bicyclic) bond motifs is 11. The Kier molecular flexibility index (Phi) is 5.57. The summed E-state index contributed by atoms with van der Waals surface area (Å²) in [7, 11) is 0. The molecule has 3 heterocycles. The van der Waals surface area contributed by atoms with Crippen molar-refractivity contribution in [3.63, 3.8) is 0 Å². The number of rotatable bonds is 3. The fourth-order valence-corrected chi connectivity index (χ4v) is 9.43. The van der Waals surface area contributed by atoms with Crippen LogP contribution in [0.2, 0.25) is 0 Å². The SMILES string of the molecule is c1ccc(-n2c3ccccc3c3c(-c4ccc5c(c4)c4ccccc4n5-c4cccc5ccccc45)cc4c5ccccc5sc4c32)cc1. The average Bonchev–Trinajstić information content (AvgIpc) is 3.82. The molecule has 49 heavy (non-hydrogen) atoms. The van der Waals surface area contributed by atoms with Crippen molar-refractivity contribution in [3.8, 4) is 22.5 Å². The van der Waals surface area contributed by atoms with E-state index < -0.39 is 0 Å². The summed E-state index contributed by atoms with van der Waals surface area (Å²) in [5.74, 6) is 0. The molecular formula is C46H28N2S. The van der Waals surface area contributed by atoms with Crippen LogP contribution in [0.15, 0.2) is 170 Å². The quantitative estimate of drug-likeness (QED) is 0.182. The molecule has 11 aromatic rings. The molecule has 0 fully saturated rings. The summed E-state index contributed by atoms with van der Waals surface area (Å²) in [5, 5.41) is 10.2. The van der Waals surface area contributed by atoms with E-state index in [2.05, 4.69) is 179 Å². The zero-order valence-corrected chi connectivity index (χ0v) is 27.3. The van der Waals surface area contributed by atoms with Gasteiger partial charge >= 0.3 is 0 Å². The highest BCUT2D eigenvalue weighted by Crippen LogP contribution is 2.48. The zero-order chi connectivity index (χ0) is 32.1. The molecule has 0 spiro atoms. The average molecular weight is 641 g/mol. The lowest BCUT2D eigenvalue weighted by molar-refractivity contribution is 1.19. The van der Waals surface area contributed by atoms with E-state index in [1.54, 1.807) is 0 Å². The summed E-state index contributed by atoms with van der Waals surface area (Å²) < 4.78 is 7.57. The Bertz CT molecular complexity index is 3100. The van der Waals surface area contributed by atoms with Crippen molar-refractivity contribution in [2.75, 3.05) is 0 Å². The van der Waals surface area contributed by atoms with Crippen LogP contribution in [0.5, 0.6) is 0 Å². The van der Waals surface area contributed by atoms with Crippen molar-refractivity contribution in [1.29, 1.82) is 0 Å². The van der Waals surface area contributed by atoms with E-state index >= 15 is 0 Å². The lowest BCUT2D eigenvalue weighted by atomic mass is 9.95. The fourth-order valence-electron chi connectivity index (χ4n) is 8.20. The summed E-state index contributed by atoms with van der Waals surface area (Å²) in [4.78, 5) is 0. The maximum Gasteiger partial charge on any atom is 0.0726 e. The van der Waals surface area contributed by atoms with Gasteiger partial charge in [0.25, 0.3) is 0 Å². The van der Waals surface area contributed by atoms with Gasteiger partial charge in [-0.1, -0.05) is 115 Å². The van der Waals surface area contributed by atoms with Gasteiger partial charge in [-0.2, -0.15) is 0 Å². The predicted molar refractivity (Wildman–Crippen MR) is 211 cm³/mol. The Balaban J connectivity index is 1.28. The lowest BCUT2D eigenvalue weighted by Crippen LogP contribution is -1.95. The van der Waals surface area contributed by atoms with Gasteiger partial charge in [0, 0.05) is 48.1 Å². The predicted octanol–water partition coefficient (Wildman–Crippen LogP) is 13.1. The van der Waals surface area contributed by atoms with Crippen LogP contribution in [0.25, 0.3) is 97.1 Å². The Labute approximate surface area is 286 Å². The van der Waals surface area contributed by atoms with Gasteiger partial charge < -0.3 is 9.13 Å². The molecule has 0 aliphatic carbocycles. The van der Waals surface area contributed by atoms with E-state index in [1.807, 2.05) is 11.3 Å². The molecular weight excluding hydrogens is 613 g/mol. The minimum absolute atomic E-state index is 1.18. The van der Waals surface area contributed by atoms with Crippen LogP contribution in [0, 0.1) is 0 Å². The Morgan fingerprint density at radius 2 is 1.06 bits per heavy atom. The number of hydrogen-bond acceptors (Lipinski definition) is 1. The van der Waals surface area contributed by atoms with Crippen molar-refractivity contribution < 1.29 is 0 Å². The summed E-state index contributed by atoms with van der Waals surface area (Å²) in [6, 6.07) is 62.3. The zero-order valence-electron chi connectivity index (χ0n) is 26.5. The summed E-state index contributed by atoms with van der Waals surface area (Å²) >= 11 is 1.90. The molecule has 0 bridgehead atoms. The molecule has 0 saturated heterocycles. The Hall–Kier alpha value is -6.16. The Morgan fingerprint density at radius 1 is 0.408 bits per heavy atom. The molecule has 0 unspecified atom stereocenters. The monoisotopic (exact) mass is 640 g/mol. The molecule has 0 amide bonds. The number of benzene rings is 8. The van der Waals surface area contributed by atoms with Crippen molar-refractivity contribution in [3.05, 3.63) is 170 Å². The molecule has 0 atom stereocenters. The van der Waals surface area contributed by atoms with E-state index in [9.17, 15) is 0 Å². The third-order valence-corrected chi connectivity index (χ3v) is 11.5. The van der Waals surface area contributed by atoms with Crippen LogP contribution in [-0.4, -0.2) is 9.13 Å². The summed E-state index contributed by atoms with van der Waals surface area (Å²) in [5.41, 5.74) is 9.81. The molecule has 11 rings (SSSR count). The molecule has 0 N–H and O–H groups in total. The maximum atomic E-state index is 2.48. The standard InChI is InChI=1S/C46H28N2S/c1-2-15-31(16-3-1)47-41-22-10-7-20-35(41)44-36(28-38-34-19-8-11-24-43(34)49-46(38)45(44)47)30-25-26-42-37(27-30)33-18-6-9-21-40(33)48(42)39-23-12-14-29-13-4-5-17-32(29)39/h1-28H. The molecule has 3 aromatic heterocycles. The van der Waals surface area contributed by atoms with Gasteiger partial charge in [-0.15, -0.1) is 11.3 Å². The minimum atomic E-state index is 1.18. The van der Waals surface area contributed by atoms with Gasteiger partial charge in [0.1, 0.15) is 0 Å². The van der Waals surface area contributed by atoms with Gasteiger partial charge in [-0.05, 0) is 71.1 Å². The van der Waals surface area contributed by atoms with Crippen LogP contribution in [-0.2, 0) is 0 Å². The largest absolute Gasteiger partial charge is 0.309 e. The number of para-hydroxylation sites is 3. The van der Waals surface area contributed by atoms with Crippen LogP contribution >= 0.6 is 11.3 Å². The van der Waals surface area contributed by atoms with Gasteiger partial charge in [-0.3, -0.25) is 0 Å². The smallest absolute Gasteiger partial charge is 0.0726 e. The first-order valence-corrected chi connectivity index (χ1v) is 17.6. The van der Waals surface area contributed by atoms with Crippen LogP contribution < -0.4 is 0 Å². The molecule has 2 nitrogen and oxygen atoms in total. The highest BCUT2D eigenvalue weighted by atomic mass is 32.1. The van der Waals surface area contributed by atoms with Gasteiger partial charge in [-0.25, -0.2) is 0 Å². The van der Waals surface area contributed by atoms with Crippen molar-refractivity contribution in [1.82, 2.24) is 9.13 Å². The Morgan fingerprint density at radius 3 is 1.92 bits per heavy atom. The summed E-state index contributed by atoms with van der Waals surface area (Å²) in [6.45, 7) is 0. The first-order valence-electron chi connectivity index (χ1n) is 16.8. The van der Waals surface area contributed by atoms with Crippen molar-refractivity contribution in [2.24, 2.45) is 0 Å². The second kappa shape index (κ2) is 10.2. The third kappa shape index (κ3) is 3.76. The maximum absolute atomic E-state index is 2.48.